The molecule has 3 amide bonds. The molecule has 0 aliphatic carbocycles. The van der Waals surface area contributed by atoms with Crippen LogP contribution in [0.5, 0.6) is 0 Å². The highest BCUT2D eigenvalue weighted by molar-refractivity contribution is 7.92. The molecule has 13 nitrogen and oxygen atoms in total. The van der Waals surface area contributed by atoms with Crippen molar-refractivity contribution in [1.29, 1.82) is 0 Å². The van der Waals surface area contributed by atoms with E-state index in [4.69, 9.17) is 14.3 Å². The molecule has 5 atom stereocenters. The Morgan fingerprint density at radius 1 is 0.785 bits per heavy atom. The van der Waals surface area contributed by atoms with Gasteiger partial charge >= 0.3 is 12.1 Å². The summed E-state index contributed by atoms with van der Waals surface area (Å²) in [6.45, 7) is 20.8. The first kappa shape index (κ1) is 63.1. The van der Waals surface area contributed by atoms with Gasteiger partial charge in [-0.3, -0.25) is 19.1 Å². The molecule has 0 spiro atoms. The zero-order valence-corrected chi connectivity index (χ0v) is 49.6. The van der Waals surface area contributed by atoms with Crippen molar-refractivity contribution in [2.45, 2.75) is 150 Å². The van der Waals surface area contributed by atoms with Crippen molar-refractivity contribution >= 4 is 39.6 Å². The molecule has 2 heterocycles. The molecule has 2 aliphatic rings. The predicted octanol–water partition coefficient (Wildman–Crippen LogP) is 14.3. The Bertz CT molecular complexity index is 2980. The predicted molar refractivity (Wildman–Crippen MR) is 314 cm³/mol. The Morgan fingerprint density at radius 3 is 1.91 bits per heavy atom. The number of carbonyl (C=O) groups excluding carboxylic acids is 4. The largest absolute Gasteiger partial charge is 0.512 e. The fraction of sp³-hybridized carbons (Fsp3) is 0.446. The van der Waals surface area contributed by atoms with Gasteiger partial charge in [0.2, 0.25) is 21.8 Å². The van der Waals surface area contributed by atoms with Gasteiger partial charge in [-0.2, -0.15) is 0 Å². The first-order chi connectivity index (χ1) is 37.2. The summed E-state index contributed by atoms with van der Waals surface area (Å²) in [5.74, 6) is -0.825. The number of imide groups is 1. The van der Waals surface area contributed by atoms with Crippen molar-refractivity contribution in [2.75, 3.05) is 31.7 Å². The van der Waals surface area contributed by atoms with Crippen LogP contribution >= 0.6 is 0 Å². The number of hydrogen-bond donors (Lipinski definition) is 2. The number of hydrogen-bond acceptors (Lipinski definition) is 10. The molecule has 7 rings (SSSR count). The summed E-state index contributed by atoms with van der Waals surface area (Å²) in [5.41, 5.74) is 6.91. The Hall–Kier alpha value is -6.77. The molecular formula is C65H85N3O10S. The van der Waals surface area contributed by atoms with Gasteiger partial charge in [0.1, 0.15) is 24.0 Å². The number of aryl methyl sites for hydroxylation is 3. The molecule has 0 radical (unpaired) electrons. The number of aliphatic hydroxyl groups is 1. The molecule has 1 unspecified atom stereocenters. The highest BCUT2D eigenvalue weighted by Crippen LogP contribution is 2.48. The molecule has 14 heteroatoms. The van der Waals surface area contributed by atoms with Crippen molar-refractivity contribution in [1.82, 2.24) is 9.96 Å². The van der Waals surface area contributed by atoms with Crippen LogP contribution in [0.15, 0.2) is 145 Å². The van der Waals surface area contributed by atoms with Crippen LogP contribution in [0.3, 0.4) is 0 Å². The topological polar surface area (TPSA) is 169 Å². The molecule has 1 saturated heterocycles. The number of benzene rings is 5. The third-order valence-corrected chi connectivity index (χ3v) is 15.3. The first-order valence-electron chi connectivity index (χ1n) is 27.4. The van der Waals surface area contributed by atoms with Gasteiger partial charge in [-0.1, -0.05) is 194 Å². The van der Waals surface area contributed by atoms with E-state index in [1.54, 1.807) is 25.2 Å². The van der Waals surface area contributed by atoms with Crippen LogP contribution in [0.25, 0.3) is 0 Å². The summed E-state index contributed by atoms with van der Waals surface area (Å²) >= 11 is 0. The summed E-state index contributed by atoms with van der Waals surface area (Å²) in [6.07, 6.45) is 5.39. The fourth-order valence-corrected chi connectivity index (χ4v) is 11.2. The molecule has 0 saturated carbocycles. The number of nitrogens with one attached hydrogen (secondary N) is 1. The second kappa shape index (κ2) is 27.9. The van der Waals surface area contributed by atoms with Crippen LogP contribution in [0, 0.1) is 24.7 Å². The van der Waals surface area contributed by atoms with Crippen LogP contribution in [0.1, 0.15) is 163 Å². The molecule has 2 aliphatic heterocycles. The Labute approximate surface area is 470 Å². The van der Waals surface area contributed by atoms with E-state index < -0.39 is 39.0 Å². The number of cyclic esters (lactones) is 2. The summed E-state index contributed by atoms with van der Waals surface area (Å²) in [6, 6.07) is 42.9. The quantitative estimate of drug-likeness (QED) is 0.0636. The second-order valence-corrected chi connectivity index (χ2v) is 25.0. The minimum absolute atomic E-state index is 0.00900. The highest BCUT2D eigenvalue weighted by atomic mass is 32.2. The third kappa shape index (κ3) is 18.1. The van der Waals surface area contributed by atoms with Crippen molar-refractivity contribution in [3.8, 4) is 0 Å². The van der Waals surface area contributed by atoms with Gasteiger partial charge in [-0.15, -0.1) is 0 Å². The van der Waals surface area contributed by atoms with E-state index in [-0.39, 0.29) is 65.9 Å². The number of nitrogens with zero attached hydrogens (tertiary/aromatic N) is 2. The summed E-state index contributed by atoms with van der Waals surface area (Å²) in [7, 11) is -0.306. The van der Waals surface area contributed by atoms with Crippen LogP contribution < -0.4 is 4.72 Å². The van der Waals surface area contributed by atoms with Crippen molar-refractivity contribution in [3.05, 3.63) is 184 Å². The van der Waals surface area contributed by atoms with E-state index in [9.17, 15) is 32.7 Å². The minimum Gasteiger partial charge on any atom is -0.512 e. The molecule has 79 heavy (non-hydrogen) atoms. The number of rotatable bonds is 18. The van der Waals surface area contributed by atoms with E-state index in [1.807, 2.05) is 107 Å². The van der Waals surface area contributed by atoms with Crippen molar-refractivity contribution < 1.29 is 47.0 Å². The molecule has 5 aromatic rings. The number of ether oxygens (including phenoxy) is 2. The Kier molecular flexibility index (Phi) is 22.3. The number of sulfonamides is 1. The zero-order valence-electron chi connectivity index (χ0n) is 48.8. The number of amides is 3. The zero-order chi connectivity index (χ0) is 58.3. The van der Waals surface area contributed by atoms with Gasteiger partial charge in [0.05, 0.1) is 18.9 Å². The maximum Gasteiger partial charge on any atom is 0.417 e. The number of carbonyl (C=O) groups is 4. The Morgan fingerprint density at radius 2 is 1.37 bits per heavy atom. The van der Waals surface area contributed by atoms with Crippen molar-refractivity contribution in [3.63, 3.8) is 0 Å². The SMILES string of the molecule is CCC[C@@]1(CCc2ccccc2)CC(O)=C([C@H](c2cccc(NS(C)(=O)=O)c2)C(C)(C)C)C(=O)O1.CC[C@H](CC(=O)N(C)OC)c1cccc(C)c1.Cc1cccc([C@@H](CC(=O)N2C(=O)OCC2c2ccccc2)C(C)(C)C)c1. The van der Waals surface area contributed by atoms with E-state index in [2.05, 4.69) is 81.8 Å². The fourth-order valence-electron chi connectivity index (χ4n) is 10.6. The highest BCUT2D eigenvalue weighted by Gasteiger charge is 2.46. The van der Waals surface area contributed by atoms with Gasteiger partial charge in [0.15, 0.2) is 0 Å². The van der Waals surface area contributed by atoms with Crippen LogP contribution in [0.4, 0.5) is 10.5 Å². The molecule has 0 aromatic heterocycles. The average molecular weight is 1100 g/mol. The minimum atomic E-state index is -3.46. The molecule has 1 fully saturated rings. The molecule has 0 bridgehead atoms. The monoisotopic (exact) mass is 1100 g/mol. The van der Waals surface area contributed by atoms with Gasteiger partial charge in [-0.25, -0.2) is 28.0 Å². The van der Waals surface area contributed by atoms with Crippen molar-refractivity contribution in [2.24, 2.45) is 10.8 Å². The van der Waals surface area contributed by atoms with E-state index in [0.29, 0.717) is 24.9 Å². The maximum atomic E-state index is 13.5. The number of aliphatic hydroxyl groups excluding tert-OH is 1. The van der Waals surface area contributed by atoms with E-state index in [0.717, 1.165) is 53.3 Å². The third-order valence-electron chi connectivity index (χ3n) is 14.7. The lowest BCUT2D eigenvalue weighted by Gasteiger charge is -2.41. The first-order valence-corrected chi connectivity index (χ1v) is 29.3. The lowest BCUT2D eigenvalue weighted by Crippen LogP contribution is -2.43. The van der Waals surface area contributed by atoms with E-state index >= 15 is 0 Å². The summed E-state index contributed by atoms with van der Waals surface area (Å²) in [5, 5.41) is 12.6. The van der Waals surface area contributed by atoms with Gasteiger partial charge in [0, 0.05) is 37.9 Å². The summed E-state index contributed by atoms with van der Waals surface area (Å²) < 4.78 is 37.4. The second-order valence-electron chi connectivity index (χ2n) is 23.2. The van der Waals surface area contributed by atoms with Gasteiger partial charge < -0.3 is 14.6 Å². The lowest BCUT2D eigenvalue weighted by atomic mass is 9.70. The normalized spacial score (nSPS) is 17.7. The van der Waals surface area contributed by atoms with Gasteiger partial charge in [-0.05, 0) is 102 Å². The molecular weight excluding hydrogens is 1010 g/mol. The number of anilines is 1. The van der Waals surface area contributed by atoms with Crippen LogP contribution in [-0.2, 0) is 45.1 Å². The Balaban J connectivity index is 0.000000231. The molecule has 5 aromatic carbocycles. The van der Waals surface area contributed by atoms with Crippen LogP contribution in [-0.4, -0.2) is 80.0 Å². The maximum absolute atomic E-state index is 13.5. The number of esters is 1. The molecule has 426 valence electrons. The summed E-state index contributed by atoms with van der Waals surface area (Å²) in [4.78, 5) is 57.0. The lowest BCUT2D eigenvalue weighted by molar-refractivity contribution is -0.169. The molecule has 2 N–H and O–H groups in total. The number of hydroxylamine groups is 2. The average Bonchev–Trinajstić information content (AvgIpc) is 3.90. The van der Waals surface area contributed by atoms with Gasteiger partial charge in [0.25, 0.3) is 0 Å². The van der Waals surface area contributed by atoms with Crippen LogP contribution in [0.2, 0.25) is 0 Å². The standard InChI is InChI=1S/C28H37NO5S.C23H27NO3.C14H21NO2/c1-6-16-28(17-15-20-11-8-7-9-12-20)19-23(30)24(26(31)34-28)25(27(2,3)4)21-13-10-14-22(18-21)29-35(5,32)33;1-16-9-8-12-18(13-16)19(23(2,3)4)14-21(25)24-20(15-27-22(24)26)17-10-6-5-7-11-17;1-5-12(10-14(16)15(3)17-4)13-8-6-7-11(2)9-13/h7-14,18,25,29-30H,6,15-17,19H2,1-5H3;5-13,19-20H,14-15H2,1-4H3;6-9,12H,5,10H2,1-4H3/t25-,28+;19-,20?;12-/m011/s1. The van der Waals surface area contributed by atoms with E-state index in [1.165, 1.54) is 28.2 Å². The smallest absolute Gasteiger partial charge is 0.417 e.